The molecule has 0 bridgehead atoms. The Morgan fingerprint density at radius 2 is 1.79 bits per heavy atom. The third kappa shape index (κ3) is 3.50. The Morgan fingerprint density at radius 1 is 1.21 bits per heavy atom. The molecule has 8 heteroatoms. The van der Waals surface area contributed by atoms with E-state index in [1.165, 1.54) is 15.9 Å². The van der Waals surface area contributed by atoms with Crippen molar-refractivity contribution in [2.45, 2.75) is 13.8 Å². The van der Waals surface area contributed by atoms with E-state index in [2.05, 4.69) is 4.98 Å². The molecule has 0 N–H and O–H groups in total. The number of thiophene rings is 1. The molecular weight excluding hydrogens is 330 g/mol. The topological polar surface area (TPSA) is 73.7 Å². The number of amides is 1. The highest BCUT2D eigenvalue weighted by Crippen LogP contribution is 2.28. The van der Waals surface area contributed by atoms with Gasteiger partial charge in [0.2, 0.25) is 0 Å². The number of ether oxygens (including phenoxy) is 2. The Labute approximate surface area is 144 Å². The van der Waals surface area contributed by atoms with Crippen molar-refractivity contribution >= 4 is 27.5 Å². The maximum atomic E-state index is 12.9. The summed E-state index contributed by atoms with van der Waals surface area (Å²) in [6.45, 7) is 5.40. The Morgan fingerprint density at radius 3 is 2.33 bits per heavy atom. The first kappa shape index (κ1) is 18.6. The quantitative estimate of drug-likeness (QED) is 0.751. The van der Waals surface area contributed by atoms with Crippen LogP contribution in [0.25, 0.3) is 10.2 Å². The minimum Gasteiger partial charge on any atom is -0.383 e. The highest BCUT2D eigenvalue weighted by Gasteiger charge is 2.23. The van der Waals surface area contributed by atoms with Crippen molar-refractivity contribution in [2.24, 2.45) is 7.05 Å². The second-order valence-corrected chi connectivity index (χ2v) is 6.54. The van der Waals surface area contributed by atoms with E-state index in [-0.39, 0.29) is 11.5 Å². The van der Waals surface area contributed by atoms with Gasteiger partial charge in [0.25, 0.3) is 11.5 Å². The van der Waals surface area contributed by atoms with Crippen LogP contribution in [-0.4, -0.2) is 60.9 Å². The Kier molecular flexibility index (Phi) is 6.09. The van der Waals surface area contributed by atoms with E-state index in [1.54, 1.807) is 40.0 Å². The molecule has 2 rings (SSSR count). The van der Waals surface area contributed by atoms with Crippen LogP contribution in [0.15, 0.2) is 4.79 Å². The summed E-state index contributed by atoms with van der Waals surface area (Å²) >= 11 is 1.27. The van der Waals surface area contributed by atoms with Crippen LogP contribution in [0, 0.1) is 13.8 Å². The van der Waals surface area contributed by atoms with Crippen molar-refractivity contribution in [3.8, 4) is 0 Å². The van der Waals surface area contributed by atoms with E-state index in [1.807, 2.05) is 0 Å². The molecule has 7 nitrogen and oxygen atoms in total. The van der Waals surface area contributed by atoms with Crippen LogP contribution in [0.3, 0.4) is 0 Å². The van der Waals surface area contributed by atoms with E-state index >= 15 is 0 Å². The minimum absolute atomic E-state index is 0.120. The molecule has 0 saturated carbocycles. The highest BCUT2D eigenvalue weighted by molar-refractivity contribution is 7.20. The van der Waals surface area contributed by atoms with Gasteiger partial charge in [-0.1, -0.05) is 0 Å². The summed E-state index contributed by atoms with van der Waals surface area (Å²) in [5.74, 6) is 0.507. The van der Waals surface area contributed by atoms with Gasteiger partial charge in [-0.3, -0.25) is 14.2 Å². The lowest BCUT2D eigenvalue weighted by Crippen LogP contribution is -2.36. The van der Waals surface area contributed by atoms with Gasteiger partial charge in [0.05, 0.1) is 23.5 Å². The smallest absolute Gasteiger partial charge is 0.264 e. The monoisotopic (exact) mass is 353 g/mol. The number of nitrogens with zero attached hydrogens (tertiary/aromatic N) is 3. The van der Waals surface area contributed by atoms with E-state index in [9.17, 15) is 9.59 Å². The zero-order valence-corrected chi connectivity index (χ0v) is 15.5. The molecular formula is C16H23N3O4S. The lowest BCUT2D eigenvalue weighted by atomic mass is 10.2. The van der Waals surface area contributed by atoms with Crippen molar-refractivity contribution in [3.63, 3.8) is 0 Å². The molecule has 0 aromatic carbocycles. The SMILES string of the molecule is COCCN(CCOC)C(=O)c1sc2nc(C)n(C)c(=O)c2c1C. The molecule has 2 heterocycles. The average Bonchev–Trinajstić information content (AvgIpc) is 2.89. The largest absolute Gasteiger partial charge is 0.383 e. The molecule has 0 aliphatic carbocycles. The second-order valence-electron chi connectivity index (χ2n) is 5.54. The van der Waals surface area contributed by atoms with Gasteiger partial charge in [-0.25, -0.2) is 4.98 Å². The Bertz CT molecular complexity index is 789. The van der Waals surface area contributed by atoms with E-state index in [4.69, 9.17) is 9.47 Å². The maximum absolute atomic E-state index is 12.9. The number of hydrogen-bond donors (Lipinski definition) is 0. The molecule has 2 aromatic heterocycles. The molecule has 132 valence electrons. The van der Waals surface area contributed by atoms with Gasteiger partial charge in [-0.05, 0) is 19.4 Å². The highest BCUT2D eigenvalue weighted by atomic mass is 32.1. The Balaban J connectivity index is 2.46. The summed E-state index contributed by atoms with van der Waals surface area (Å²) < 4.78 is 11.7. The van der Waals surface area contributed by atoms with Gasteiger partial charge in [0.15, 0.2) is 0 Å². The van der Waals surface area contributed by atoms with Crippen molar-refractivity contribution in [1.29, 1.82) is 0 Å². The zero-order chi connectivity index (χ0) is 17.9. The van der Waals surface area contributed by atoms with Crippen LogP contribution in [0.5, 0.6) is 0 Å². The van der Waals surface area contributed by atoms with Crippen LogP contribution >= 0.6 is 11.3 Å². The molecule has 0 fully saturated rings. The van der Waals surface area contributed by atoms with Crippen molar-refractivity contribution in [2.75, 3.05) is 40.5 Å². The van der Waals surface area contributed by atoms with Crippen LogP contribution in [0.4, 0.5) is 0 Å². The van der Waals surface area contributed by atoms with Crippen LogP contribution in [0.1, 0.15) is 21.1 Å². The molecule has 2 aromatic rings. The molecule has 0 aliphatic rings. The predicted molar refractivity (Wildman–Crippen MR) is 94.0 cm³/mol. The molecule has 0 spiro atoms. The van der Waals surface area contributed by atoms with E-state index in [0.29, 0.717) is 52.8 Å². The fraction of sp³-hybridized carbons (Fsp3) is 0.562. The predicted octanol–water partition coefficient (Wildman–Crippen LogP) is 1.35. The van der Waals surface area contributed by atoms with Crippen LogP contribution < -0.4 is 5.56 Å². The van der Waals surface area contributed by atoms with Crippen molar-refractivity contribution in [3.05, 3.63) is 26.6 Å². The third-order valence-corrected chi connectivity index (χ3v) is 5.18. The van der Waals surface area contributed by atoms with Gasteiger partial charge in [-0.15, -0.1) is 11.3 Å². The summed E-state index contributed by atoms with van der Waals surface area (Å²) in [7, 11) is 4.88. The fourth-order valence-corrected chi connectivity index (χ4v) is 3.62. The zero-order valence-electron chi connectivity index (χ0n) is 14.7. The van der Waals surface area contributed by atoms with Gasteiger partial charge >= 0.3 is 0 Å². The minimum atomic E-state index is -0.121. The first-order valence-electron chi connectivity index (χ1n) is 7.66. The molecule has 24 heavy (non-hydrogen) atoms. The van der Waals surface area contributed by atoms with Gasteiger partial charge in [-0.2, -0.15) is 0 Å². The van der Waals surface area contributed by atoms with Crippen LogP contribution in [-0.2, 0) is 16.5 Å². The fourth-order valence-electron chi connectivity index (χ4n) is 2.43. The lowest BCUT2D eigenvalue weighted by molar-refractivity contribution is 0.0631. The van der Waals surface area contributed by atoms with Crippen molar-refractivity contribution < 1.29 is 14.3 Å². The molecule has 0 aliphatic heterocycles. The lowest BCUT2D eigenvalue weighted by Gasteiger charge is -2.21. The van der Waals surface area contributed by atoms with Gasteiger partial charge in [0, 0.05) is 34.4 Å². The summed E-state index contributed by atoms with van der Waals surface area (Å²) in [5, 5.41) is 0.523. The first-order valence-corrected chi connectivity index (χ1v) is 8.47. The number of fused-ring (bicyclic) bond motifs is 1. The first-order chi connectivity index (χ1) is 11.4. The Hall–Kier alpha value is -1.77. The number of methoxy groups -OCH3 is 2. The number of rotatable bonds is 7. The number of carbonyl (C=O) groups is 1. The maximum Gasteiger partial charge on any atom is 0.264 e. The summed E-state index contributed by atoms with van der Waals surface area (Å²) in [6.07, 6.45) is 0. The third-order valence-electron chi connectivity index (χ3n) is 4.01. The summed E-state index contributed by atoms with van der Waals surface area (Å²) in [5.41, 5.74) is 0.568. The van der Waals surface area contributed by atoms with Gasteiger partial charge < -0.3 is 14.4 Å². The summed E-state index contributed by atoms with van der Waals surface area (Å²) in [4.78, 5) is 32.7. The number of hydrogen-bond acceptors (Lipinski definition) is 6. The number of carbonyl (C=O) groups excluding carboxylic acids is 1. The number of aryl methyl sites for hydroxylation is 2. The molecule has 0 atom stereocenters. The molecule has 1 amide bonds. The number of aromatic nitrogens is 2. The van der Waals surface area contributed by atoms with Crippen molar-refractivity contribution in [1.82, 2.24) is 14.5 Å². The molecule has 0 saturated heterocycles. The van der Waals surface area contributed by atoms with E-state index in [0.717, 1.165) is 0 Å². The molecule has 0 unspecified atom stereocenters. The molecule has 0 radical (unpaired) electrons. The van der Waals surface area contributed by atoms with E-state index < -0.39 is 0 Å². The normalized spacial score (nSPS) is 11.2. The van der Waals surface area contributed by atoms with Crippen LogP contribution in [0.2, 0.25) is 0 Å². The average molecular weight is 353 g/mol. The summed E-state index contributed by atoms with van der Waals surface area (Å²) in [6, 6.07) is 0. The second kappa shape index (κ2) is 7.87. The van der Waals surface area contributed by atoms with Gasteiger partial charge in [0.1, 0.15) is 10.7 Å². The standard InChI is InChI=1S/C16H23N3O4S/c1-10-12-14(17-11(2)18(3)15(12)20)24-13(10)16(21)19(6-8-22-4)7-9-23-5/h6-9H2,1-5H3.